The highest BCUT2D eigenvalue weighted by Crippen LogP contribution is 2.41. The molecule has 5 heteroatoms. The summed E-state index contributed by atoms with van der Waals surface area (Å²) in [7, 11) is -3.65. The van der Waals surface area contributed by atoms with E-state index in [0.717, 1.165) is 25.7 Å². The van der Waals surface area contributed by atoms with Crippen molar-refractivity contribution < 1.29 is 16.8 Å². The molecule has 0 aromatic rings. The summed E-state index contributed by atoms with van der Waals surface area (Å²) in [5.74, 6) is 0. The molecule has 1 saturated heterocycles. The highest BCUT2D eigenvalue weighted by Gasteiger charge is 2.41. The van der Waals surface area contributed by atoms with Crippen LogP contribution in [0.25, 0.3) is 0 Å². The molecule has 1 aliphatic carbocycles. The molecule has 2 aliphatic rings. The maximum atomic E-state index is 10.7. The zero-order valence-electron chi connectivity index (χ0n) is 6.78. The molecule has 0 amide bonds. The van der Waals surface area contributed by atoms with Crippen LogP contribution >= 0.6 is 0 Å². The summed E-state index contributed by atoms with van der Waals surface area (Å²) in [6.45, 7) is 0.630. The Morgan fingerprint density at radius 2 is 1.50 bits per heavy atom. The normalized spacial score (nSPS) is 32.3. The zero-order valence-corrected chi connectivity index (χ0v) is 7.60. The van der Waals surface area contributed by atoms with E-state index in [-0.39, 0.29) is 5.41 Å². The van der Waals surface area contributed by atoms with E-state index >= 15 is 0 Å². The van der Waals surface area contributed by atoms with Gasteiger partial charge < -0.3 is 0 Å². The number of rotatable bonds is 0. The standard InChI is InChI=1S/C7H12O4S/c8-12(9)10-5-7(6-11-12)3-1-2-4-7/h1-6H2. The molecule has 0 unspecified atom stereocenters. The van der Waals surface area contributed by atoms with Crippen molar-refractivity contribution in [3.05, 3.63) is 0 Å². The summed E-state index contributed by atoms with van der Waals surface area (Å²) in [5, 5.41) is 0. The van der Waals surface area contributed by atoms with E-state index in [1.54, 1.807) is 0 Å². The fourth-order valence-electron chi connectivity index (χ4n) is 1.88. The first-order valence-electron chi connectivity index (χ1n) is 4.16. The molecule has 0 atom stereocenters. The Bertz CT molecular complexity index is 247. The van der Waals surface area contributed by atoms with Gasteiger partial charge in [-0.15, -0.1) is 0 Å². The molecule has 1 spiro atoms. The smallest absolute Gasteiger partial charge is 0.248 e. The Balaban J connectivity index is 2.06. The SMILES string of the molecule is O=S1(=O)OCC2(CCCC2)CO1. The van der Waals surface area contributed by atoms with Crippen molar-refractivity contribution in [2.24, 2.45) is 5.41 Å². The average molecular weight is 192 g/mol. The van der Waals surface area contributed by atoms with Gasteiger partial charge in [-0.3, -0.25) is 0 Å². The van der Waals surface area contributed by atoms with Gasteiger partial charge in [-0.1, -0.05) is 12.8 Å². The maximum Gasteiger partial charge on any atom is 0.399 e. The summed E-state index contributed by atoms with van der Waals surface area (Å²) in [6.07, 6.45) is 4.38. The molecular formula is C7H12O4S. The molecule has 0 aromatic heterocycles. The minimum absolute atomic E-state index is 0.00528. The molecule has 2 rings (SSSR count). The average Bonchev–Trinajstić information content (AvgIpc) is 2.46. The highest BCUT2D eigenvalue weighted by molar-refractivity contribution is 7.81. The van der Waals surface area contributed by atoms with Crippen molar-refractivity contribution >= 4 is 10.4 Å². The van der Waals surface area contributed by atoms with Crippen LogP contribution in [-0.2, 0) is 18.8 Å². The third-order valence-electron chi connectivity index (χ3n) is 2.68. The first-order chi connectivity index (χ1) is 5.62. The molecule has 1 aliphatic heterocycles. The Hall–Kier alpha value is -0.130. The largest absolute Gasteiger partial charge is 0.399 e. The molecule has 70 valence electrons. The van der Waals surface area contributed by atoms with Gasteiger partial charge in [0.1, 0.15) is 0 Å². The van der Waals surface area contributed by atoms with Crippen LogP contribution in [0.2, 0.25) is 0 Å². The molecular weight excluding hydrogens is 180 g/mol. The second-order valence-corrected chi connectivity index (χ2v) is 4.93. The minimum Gasteiger partial charge on any atom is -0.248 e. The van der Waals surface area contributed by atoms with E-state index in [9.17, 15) is 8.42 Å². The first kappa shape index (κ1) is 8.47. The molecule has 12 heavy (non-hydrogen) atoms. The van der Waals surface area contributed by atoms with Crippen LogP contribution in [0, 0.1) is 5.41 Å². The van der Waals surface area contributed by atoms with Crippen molar-refractivity contribution in [3.8, 4) is 0 Å². The monoisotopic (exact) mass is 192 g/mol. The Morgan fingerprint density at radius 1 is 1.00 bits per heavy atom. The molecule has 0 radical (unpaired) electrons. The van der Waals surface area contributed by atoms with Crippen LogP contribution in [0.4, 0.5) is 0 Å². The van der Waals surface area contributed by atoms with Crippen LogP contribution in [0.1, 0.15) is 25.7 Å². The topological polar surface area (TPSA) is 52.6 Å². The van der Waals surface area contributed by atoms with Crippen LogP contribution in [0.5, 0.6) is 0 Å². The van der Waals surface area contributed by atoms with Gasteiger partial charge in [0, 0.05) is 5.41 Å². The Kier molecular flexibility index (Phi) is 1.89. The second-order valence-electron chi connectivity index (χ2n) is 3.64. The van der Waals surface area contributed by atoms with Gasteiger partial charge >= 0.3 is 10.4 Å². The lowest BCUT2D eigenvalue weighted by molar-refractivity contribution is 0.0297. The van der Waals surface area contributed by atoms with Crippen LogP contribution in [0.3, 0.4) is 0 Å². The lowest BCUT2D eigenvalue weighted by Gasteiger charge is -2.31. The molecule has 4 nitrogen and oxygen atoms in total. The fraction of sp³-hybridized carbons (Fsp3) is 1.00. The van der Waals surface area contributed by atoms with Gasteiger partial charge in [-0.2, -0.15) is 8.42 Å². The lowest BCUT2D eigenvalue weighted by atomic mass is 9.89. The van der Waals surface area contributed by atoms with E-state index in [2.05, 4.69) is 8.37 Å². The van der Waals surface area contributed by atoms with Crippen molar-refractivity contribution in [2.45, 2.75) is 25.7 Å². The molecule has 1 heterocycles. The predicted octanol–water partition coefficient (Wildman–Crippen LogP) is 0.838. The minimum atomic E-state index is -3.65. The summed E-state index contributed by atoms with van der Waals surface area (Å²) in [5.41, 5.74) is 0.00528. The molecule has 0 aromatic carbocycles. The quantitative estimate of drug-likeness (QED) is 0.570. The van der Waals surface area contributed by atoms with Crippen LogP contribution in [0.15, 0.2) is 0 Å². The molecule has 2 fully saturated rings. The van der Waals surface area contributed by atoms with Crippen molar-refractivity contribution in [3.63, 3.8) is 0 Å². The van der Waals surface area contributed by atoms with Crippen molar-refractivity contribution in [2.75, 3.05) is 13.2 Å². The van der Waals surface area contributed by atoms with Gasteiger partial charge in [-0.25, -0.2) is 8.37 Å². The van der Waals surface area contributed by atoms with E-state index in [1.165, 1.54) is 0 Å². The third-order valence-corrected chi connectivity index (χ3v) is 3.50. The Morgan fingerprint density at radius 3 is 2.00 bits per heavy atom. The zero-order chi connectivity index (χ0) is 8.66. The highest BCUT2D eigenvalue weighted by atomic mass is 32.3. The second kappa shape index (κ2) is 2.68. The van der Waals surface area contributed by atoms with Crippen LogP contribution in [-0.4, -0.2) is 21.6 Å². The van der Waals surface area contributed by atoms with E-state index in [1.807, 2.05) is 0 Å². The fourth-order valence-corrected chi connectivity index (χ4v) is 2.74. The molecule has 0 bridgehead atoms. The number of hydrogen-bond acceptors (Lipinski definition) is 4. The van der Waals surface area contributed by atoms with Gasteiger partial charge in [-0.05, 0) is 12.8 Å². The first-order valence-corrected chi connectivity index (χ1v) is 5.49. The van der Waals surface area contributed by atoms with Gasteiger partial charge in [0.25, 0.3) is 0 Å². The van der Waals surface area contributed by atoms with Gasteiger partial charge in [0.05, 0.1) is 13.2 Å². The van der Waals surface area contributed by atoms with E-state index < -0.39 is 10.4 Å². The van der Waals surface area contributed by atoms with E-state index in [4.69, 9.17) is 0 Å². The molecule has 1 saturated carbocycles. The maximum absolute atomic E-state index is 10.7. The predicted molar refractivity (Wildman–Crippen MR) is 41.7 cm³/mol. The molecule has 0 N–H and O–H groups in total. The summed E-state index contributed by atoms with van der Waals surface area (Å²) in [6, 6.07) is 0. The summed E-state index contributed by atoms with van der Waals surface area (Å²) in [4.78, 5) is 0. The van der Waals surface area contributed by atoms with E-state index in [0.29, 0.717) is 13.2 Å². The third kappa shape index (κ3) is 1.48. The van der Waals surface area contributed by atoms with Crippen molar-refractivity contribution in [1.82, 2.24) is 0 Å². The summed E-state index contributed by atoms with van der Waals surface area (Å²) >= 11 is 0. The summed E-state index contributed by atoms with van der Waals surface area (Å²) < 4.78 is 30.8. The Labute approximate surface area is 72.2 Å². The number of hydrogen-bond donors (Lipinski definition) is 0. The van der Waals surface area contributed by atoms with Crippen LogP contribution < -0.4 is 0 Å². The lowest BCUT2D eigenvalue weighted by Crippen LogP contribution is -2.37. The van der Waals surface area contributed by atoms with Gasteiger partial charge in [0.2, 0.25) is 0 Å². The van der Waals surface area contributed by atoms with Crippen molar-refractivity contribution in [1.29, 1.82) is 0 Å². The van der Waals surface area contributed by atoms with Gasteiger partial charge in [0.15, 0.2) is 0 Å².